The standard InChI is InChI=1S/C22H35N5O.HI/c1-4-23-22(24-15-11-6-5-7-12-16-27(2)3)25-17-20-18-28-21(26-20)19-13-9-8-10-14-19;/h8-10,13-14,18H,4-7,11-12,15-17H2,1-3H3,(H2,23,24,25);1H. The van der Waals surface area contributed by atoms with Crippen molar-refractivity contribution in [1.29, 1.82) is 0 Å². The monoisotopic (exact) mass is 513 g/mol. The third kappa shape index (κ3) is 10.7. The van der Waals surface area contributed by atoms with E-state index in [9.17, 15) is 0 Å². The number of hydrogen-bond acceptors (Lipinski definition) is 4. The van der Waals surface area contributed by atoms with E-state index in [0.717, 1.165) is 36.7 Å². The largest absolute Gasteiger partial charge is 0.444 e. The minimum absolute atomic E-state index is 0. The zero-order chi connectivity index (χ0) is 20.0. The van der Waals surface area contributed by atoms with Gasteiger partial charge >= 0.3 is 0 Å². The predicted octanol–water partition coefficient (Wildman–Crippen LogP) is 4.53. The Hall–Kier alpha value is -1.61. The van der Waals surface area contributed by atoms with Crippen molar-refractivity contribution in [2.24, 2.45) is 4.99 Å². The lowest BCUT2D eigenvalue weighted by atomic mass is 10.1. The second kappa shape index (κ2) is 15.3. The van der Waals surface area contributed by atoms with Gasteiger partial charge in [0, 0.05) is 18.7 Å². The van der Waals surface area contributed by atoms with Crippen molar-refractivity contribution >= 4 is 29.9 Å². The number of guanidine groups is 1. The van der Waals surface area contributed by atoms with Crippen LogP contribution in [0.4, 0.5) is 0 Å². The van der Waals surface area contributed by atoms with Crippen molar-refractivity contribution in [3.05, 3.63) is 42.3 Å². The first-order chi connectivity index (χ1) is 13.7. The third-order valence-electron chi connectivity index (χ3n) is 4.39. The van der Waals surface area contributed by atoms with Crippen molar-refractivity contribution in [1.82, 2.24) is 20.5 Å². The molecule has 2 rings (SSSR count). The fourth-order valence-electron chi connectivity index (χ4n) is 2.88. The SMILES string of the molecule is CCNC(=NCc1coc(-c2ccccc2)n1)NCCCCCCCN(C)C.I. The number of nitrogens with zero attached hydrogens (tertiary/aromatic N) is 3. The maximum atomic E-state index is 5.58. The molecule has 0 radical (unpaired) electrons. The number of nitrogens with one attached hydrogen (secondary N) is 2. The number of oxazole rings is 1. The van der Waals surface area contributed by atoms with Crippen molar-refractivity contribution in [3.8, 4) is 11.5 Å². The van der Waals surface area contributed by atoms with Gasteiger partial charge in [0.1, 0.15) is 12.0 Å². The smallest absolute Gasteiger partial charge is 0.226 e. The molecule has 162 valence electrons. The van der Waals surface area contributed by atoms with Crippen LogP contribution in [0.15, 0.2) is 46.0 Å². The summed E-state index contributed by atoms with van der Waals surface area (Å²) in [7, 11) is 4.26. The molecule has 0 spiro atoms. The summed E-state index contributed by atoms with van der Waals surface area (Å²) < 4.78 is 5.58. The van der Waals surface area contributed by atoms with E-state index < -0.39 is 0 Å². The Morgan fingerprint density at radius 1 is 1.03 bits per heavy atom. The number of rotatable bonds is 12. The van der Waals surface area contributed by atoms with Gasteiger partial charge in [-0.15, -0.1) is 24.0 Å². The second-order valence-corrected chi connectivity index (χ2v) is 7.20. The second-order valence-electron chi connectivity index (χ2n) is 7.20. The van der Waals surface area contributed by atoms with Gasteiger partial charge in [-0.25, -0.2) is 9.98 Å². The van der Waals surface area contributed by atoms with E-state index in [1.807, 2.05) is 30.3 Å². The molecular formula is C22H36IN5O. The molecule has 0 atom stereocenters. The molecule has 7 heteroatoms. The van der Waals surface area contributed by atoms with Gasteiger partial charge in [-0.1, -0.05) is 37.5 Å². The number of aromatic nitrogens is 1. The Balaban J connectivity index is 0.00000420. The molecule has 0 bridgehead atoms. The lowest BCUT2D eigenvalue weighted by Gasteiger charge is -2.11. The summed E-state index contributed by atoms with van der Waals surface area (Å²) in [6.45, 7) is 5.53. The Labute approximate surface area is 192 Å². The van der Waals surface area contributed by atoms with E-state index in [4.69, 9.17) is 4.42 Å². The van der Waals surface area contributed by atoms with Gasteiger partial charge in [0.05, 0.1) is 6.54 Å². The molecule has 0 saturated carbocycles. The molecule has 1 aromatic carbocycles. The van der Waals surface area contributed by atoms with Crippen LogP contribution >= 0.6 is 24.0 Å². The van der Waals surface area contributed by atoms with E-state index in [1.165, 1.54) is 32.2 Å². The van der Waals surface area contributed by atoms with Crippen LogP contribution in [0.2, 0.25) is 0 Å². The quantitative estimate of drug-likeness (QED) is 0.189. The highest BCUT2D eigenvalue weighted by Crippen LogP contribution is 2.18. The Kier molecular flexibility index (Phi) is 13.4. The highest BCUT2D eigenvalue weighted by molar-refractivity contribution is 14.0. The zero-order valence-electron chi connectivity index (χ0n) is 18.0. The van der Waals surface area contributed by atoms with Gasteiger partial charge in [0.15, 0.2) is 5.96 Å². The fraction of sp³-hybridized carbons (Fsp3) is 0.545. The van der Waals surface area contributed by atoms with Gasteiger partial charge in [-0.3, -0.25) is 0 Å². The molecule has 0 aliphatic heterocycles. The first-order valence-electron chi connectivity index (χ1n) is 10.4. The van der Waals surface area contributed by atoms with Gasteiger partial charge in [-0.2, -0.15) is 0 Å². The van der Waals surface area contributed by atoms with Crippen LogP contribution in [-0.4, -0.2) is 49.6 Å². The summed E-state index contributed by atoms with van der Waals surface area (Å²) in [6.07, 6.45) is 7.99. The summed E-state index contributed by atoms with van der Waals surface area (Å²) in [5, 5.41) is 6.70. The predicted molar refractivity (Wildman–Crippen MR) is 132 cm³/mol. The molecular weight excluding hydrogens is 477 g/mol. The molecule has 0 fully saturated rings. The molecule has 0 unspecified atom stereocenters. The van der Waals surface area contributed by atoms with Gasteiger partial charge in [0.25, 0.3) is 0 Å². The molecule has 1 heterocycles. The fourth-order valence-corrected chi connectivity index (χ4v) is 2.88. The summed E-state index contributed by atoms with van der Waals surface area (Å²) >= 11 is 0. The van der Waals surface area contributed by atoms with Crippen LogP contribution in [0.3, 0.4) is 0 Å². The number of hydrogen-bond donors (Lipinski definition) is 2. The lowest BCUT2D eigenvalue weighted by Crippen LogP contribution is -2.37. The van der Waals surface area contributed by atoms with Crippen molar-refractivity contribution < 1.29 is 4.42 Å². The van der Waals surface area contributed by atoms with E-state index in [1.54, 1.807) is 6.26 Å². The van der Waals surface area contributed by atoms with Crippen LogP contribution in [0.25, 0.3) is 11.5 Å². The van der Waals surface area contributed by atoms with Gasteiger partial charge in [-0.05, 0) is 52.5 Å². The molecule has 0 aliphatic carbocycles. The molecule has 0 saturated heterocycles. The van der Waals surface area contributed by atoms with Crippen LogP contribution < -0.4 is 10.6 Å². The maximum Gasteiger partial charge on any atom is 0.226 e. The minimum Gasteiger partial charge on any atom is -0.444 e. The molecule has 29 heavy (non-hydrogen) atoms. The average molecular weight is 513 g/mol. The number of unbranched alkanes of at least 4 members (excludes halogenated alkanes) is 4. The highest BCUT2D eigenvalue weighted by Gasteiger charge is 2.06. The Bertz CT molecular complexity index is 688. The Morgan fingerprint density at radius 3 is 2.48 bits per heavy atom. The van der Waals surface area contributed by atoms with Crippen LogP contribution in [-0.2, 0) is 6.54 Å². The number of halogens is 1. The van der Waals surface area contributed by atoms with Crippen LogP contribution in [0, 0.1) is 0 Å². The zero-order valence-corrected chi connectivity index (χ0v) is 20.3. The lowest BCUT2D eigenvalue weighted by molar-refractivity contribution is 0.389. The Morgan fingerprint density at radius 2 is 1.76 bits per heavy atom. The highest BCUT2D eigenvalue weighted by atomic mass is 127. The van der Waals surface area contributed by atoms with Crippen LogP contribution in [0.5, 0.6) is 0 Å². The topological polar surface area (TPSA) is 65.7 Å². The average Bonchev–Trinajstić information content (AvgIpc) is 3.17. The van der Waals surface area contributed by atoms with Crippen LogP contribution in [0.1, 0.15) is 44.7 Å². The minimum atomic E-state index is 0. The molecule has 2 aromatic rings. The first kappa shape index (κ1) is 25.4. The van der Waals surface area contributed by atoms with Gasteiger partial charge < -0.3 is 20.0 Å². The molecule has 1 aromatic heterocycles. The number of aliphatic imine (C=N–C) groups is 1. The summed E-state index contributed by atoms with van der Waals surface area (Å²) in [4.78, 5) is 11.4. The van der Waals surface area contributed by atoms with Crippen molar-refractivity contribution in [2.75, 3.05) is 33.7 Å². The first-order valence-corrected chi connectivity index (χ1v) is 10.4. The van der Waals surface area contributed by atoms with Crippen molar-refractivity contribution in [2.45, 2.75) is 45.6 Å². The summed E-state index contributed by atoms with van der Waals surface area (Å²) in [5.41, 5.74) is 1.81. The maximum absolute atomic E-state index is 5.58. The van der Waals surface area contributed by atoms with E-state index in [0.29, 0.717) is 12.4 Å². The molecule has 6 nitrogen and oxygen atoms in total. The molecule has 2 N–H and O–H groups in total. The van der Waals surface area contributed by atoms with E-state index >= 15 is 0 Å². The van der Waals surface area contributed by atoms with Crippen molar-refractivity contribution in [3.63, 3.8) is 0 Å². The molecule has 0 amide bonds. The summed E-state index contributed by atoms with van der Waals surface area (Å²) in [5.74, 6) is 1.47. The normalized spacial score (nSPS) is 11.4. The molecule has 0 aliphatic rings. The van der Waals surface area contributed by atoms with E-state index in [-0.39, 0.29) is 24.0 Å². The van der Waals surface area contributed by atoms with E-state index in [2.05, 4.69) is 46.5 Å². The summed E-state index contributed by atoms with van der Waals surface area (Å²) in [6, 6.07) is 9.92. The van der Waals surface area contributed by atoms with Gasteiger partial charge in [0.2, 0.25) is 5.89 Å². The third-order valence-corrected chi connectivity index (χ3v) is 4.39. The number of benzene rings is 1.